The van der Waals surface area contributed by atoms with E-state index in [-0.39, 0.29) is 5.92 Å². The third-order valence-electron chi connectivity index (χ3n) is 3.57. The summed E-state index contributed by atoms with van der Waals surface area (Å²) in [4.78, 5) is 21.5. The standard InChI is InChI=1S/C14H16O3/c15-9-10-4-6-11(7-5-10)12-2-1-3-13(8-12)14(16)17/h4-7,9,12-13H,1-3,8H2,(H,16,17). The third kappa shape index (κ3) is 2.73. The van der Waals surface area contributed by atoms with Gasteiger partial charge >= 0.3 is 5.97 Å². The van der Waals surface area contributed by atoms with Crippen molar-refractivity contribution < 1.29 is 14.7 Å². The summed E-state index contributed by atoms with van der Waals surface area (Å²) in [7, 11) is 0. The van der Waals surface area contributed by atoms with Gasteiger partial charge in [-0.1, -0.05) is 30.7 Å². The summed E-state index contributed by atoms with van der Waals surface area (Å²) in [6, 6.07) is 7.48. The van der Waals surface area contributed by atoms with Gasteiger partial charge in [-0.05, 0) is 30.7 Å². The first kappa shape index (κ1) is 11.8. The normalized spacial score (nSPS) is 24.2. The molecule has 1 fully saturated rings. The predicted molar refractivity (Wildman–Crippen MR) is 64.2 cm³/mol. The summed E-state index contributed by atoms with van der Waals surface area (Å²) in [5.74, 6) is -0.565. The zero-order valence-electron chi connectivity index (χ0n) is 9.63. The van der Waals surface area contributed by atoms with Gasteiger partial charge in [0.25, 0.3) is 0 Å². The quantitative estimate of drug-likeness (QED) is 0.815. The number of hydrogen-bond donors (Lipinski definition) is 1. The van der Waals surface area contributed by atoms with Crippen molar-refractivity contribution in [3.8, 4) is 0 Å². The second kappa shape index (κ2) is 5.13. The molecule has 0 bridgehead atoms. The van der Waals surface area contributed by atoms with Gasteiger partial charge in [0.05, 0.1) is 5.92 Å². The van der Waals surface area contributed by atoms with Gasteiger partial charge in [-0.25, -0.2) is 0 Å². The number of carboxylic acid groups (broad SMARTS) is 1. The number of aliphatic carboxylic acids is 1. The first-order chi connectivity index (χ1) is 8.20. The van der Waals surface area contributed by atoms with Crippen LogP contribution in [0.4, 0.5) is 0 Å². The van der Waals surface area contributed by atoms with Gasteiger partial charge in [-0.3, -0.25) is 9.59 Å². The van der Waals surface area contributed by atoms with E-state index in [4.69, 9.17) is 5.11 Å². The summed E-state index contributed by atoms with van der Waals surface area (Å²) in [5, 5.41) is 9.04. The third-order valence-corrected chi connectivity index (χ3v) is 3.57. The number of carbonyl (C=O) groups excluding carboxylic acids is 1. The maximum Gasteiger partial charge on any atom is 0.306 e. The average Bonchev–Trinajstić information content (AvgIpc) is 2.39. The fraction of sp³-hybridized carbons (Fsp3) is 0.429. The van der Waals surface area contributed by atoms with Crippen molar-refractivity contribution in [1.29, 1.82) is 0 Å². The van der Waals surface area contributed by atoms with Crippen molar-refractivity contribution in [3.05, 3.63) is 35.4 Å². The van der Waals surface area contributed by atoms with Crippen molar-refractivity contribution in [2.75, 3.05) is 0 Å². The van der Waals surface area contributed by atoms with E-state index in [0.29, 0.717) is 11.5 Å². The molecule has 0 aromatic heterocycles. The molecule has 0 heterocycles. The Morgan fingerprint density at radius 2 is 1.94 bits per heavy atom. The molecule has 0 radical (unpaired) electrons. The van der Waals surface area contributed by atoms with Crippen LogP contribution in [-0.4, -0.2) is 17.4 Å². The van der Waals surface area contributed by atoms with E-state index >= 15 is 0 Å². The first-order valence-corrected chi connectivity index (χ1v) is 5.98. The molecule has 3 nitrogen and oxygen atoms in total. The van der Waals surface area contributed by atoms with Crippen LogP contribution in [0.5, 0.6) is 0 Å². The second-order valence-electron chi connectivity index (χ2n) is 4.68. The molecule has 1 aromatic rings. The maximum atomic E-state index is 11.0. The minimum Gasteiger partial charge on any atom is -0.481 e. The molecule has 3 heteroatoms. The number of hydrogen-bond acceptors (Lipinski definition) is 2. The predicted octanol–water partition coefficient (Wildman–Crippen LogP) is 2.86. The lowest BCUT2D eigenvalue weighted by atomic mass is 9.78. The van der Waals surface area contributed by atoms with Gasteiger partial charge in [0, 0.05) is 5.56 Å². The van der Waals surface area contributed by atoms with Crippen LogP contribution in [0, 0.1) is 5.92 Å². The average molecular weight is 232 g/mol. The Morgan fingerprint density at radius 1 is 1.24 bits per heavy atom. The monoisotopic (exact) mass is 232 g/mol. The minimum atomic E-state index is -0.681. The Balaban J connectivity index is 2.10. The lowest BCUT2D eigenvalue weighted by molar-refractivity contribution is -0.142. The van der Waals surface area contributed by atoms with Gasteiger partial charge in [0.2, 0.25) is 0 Å². The zero-order valence-corrected chi connectivity index (χ0v) is 9.63. The summed E-state index contributed by atoms with van der Waals surface area (Å²) >= 11 is 0. The van der Waals surface area contributed by atoms with Gasteiger partial charge in [-0.15, -0.1) is 0 Å². The van der Waals surface area contributed by atoms with Crippen molar-refractivity contribution in [3.63, 3.8) is 0 Å². The Kier molecular flexibility index (Phi) is 3.57. The molecule has 0 spiro atoms. The van der Waals surface area contributed by atoms with E-state index in [0.717, 1.165) is 37.5 Å². The highest BCUT2D eigenvalue weighted by Crippen LogP contribution is 2.36. The van der Waals surface area contributed by atoms with E-state index in [9.17, 15) is 9.59 Å². The van der Waals surface area contributed by atoms with Gasteiger partial charge in [0.1, 0.15) is 6.29 Å². The lowest BCUT2D eigenvalue weighted by Gasteiger charge is -2.26. The highest BCUT2D eigenvalue weighted by atomic mass is 16.4. The van der Waals surface area contributed by atoms with E-state index in [1.807, 2.05) is 12.1 Å². The molecule has 0 amide bonds. The second-order valence-corrected chi connectivity index (χ2v) is 4.68. The number of rotatable bonds is 3. The first-order valence-electron chi connectivity index (χ1n) is 5.98. The van der Waals surface area contributed by atoms with E-state index in [1.54, 1.807) is 12.1 Å². The molecule has 1 aliphatic rings. The summed E-state index contributed by atoms with van der Waals surface area (Å²) < 4.78 is 0. The summed E-state index contributed by atoms with van der Waals surface area (Å²) in [6.45, 7) is 0. The number of carboxylic acids is 1. The minimum absolute atomic E-state index is 0.209. The van der Waals surface area contributed by atoms with Crippen molar-refractivity contribution >= 4 is 12.3 Å². The number of aldehydes is 1. The van der Waals surface area contributed by atoms with Gasteiger partial charge < -0.3 is 5.11 Å². The highest BCUT2D eigenvalue weighted by molar-refractivity contribution is 5.74. The van der Waals surface area contributed by atoms with Crippen LogP contribution in [-0.2, 0) is 4.79 Å². The molecule has 0 aliphatic heterocycles. The molecular formula is C14H16O3. The van der Waals surface area contributed by atoms with Crippen LogP contribution in [0.3, 0.4) is 0 Å². The van der Waals surface area contributed by atoms with E-state index in [1.165, 1.54) is 0 Å². The van der Waals surface area contributed by atoms with Crippen LogP contribution >= 0.6 is 0 Å². The van der Waals surface area contributed by atoms with Gasteiger partial charge in [-0.2, -0.15) is 0 Å². The maximum absolute atomic E-state index is 11.0. The van der Waals surface area contributed by atoms with Crippen molar-refractivity contribution in [1.82, 2.24) is 0 Å². The van der Waals surface area contributed by atoms with Crippen molar-refractivity contribution in [2.45, 2.75) is 31.6 Å². The van der Waals surface area contributed by atoms with Crippen molar-refractivity contribution in [2.24, 2.45) is 5.92 Å². The largest absolute Gasteiger partial charge is 0.481 e. The zero-order chi connectivity index (χ0) is 12.3. The Labute approximate surface area is 100 Å². The molecule has 1 N–H and O–H groups in total. The molecule has 1 saturated carbocycles. The highest BCUT2D eigenvalue weighted by Gasteiger charge is 2.27. The summed E-state index contributed by atoms with van der Waals surface area (Å²) in [6.07, 6.45) is 4.35. The number of carbonyl (C=O) groups is 2. The fourth-order valence-corrected chi connectivity index (χ4v) is 2.56. The van der Waals surface area contributed by atoms with Crippen LogP contribution in [0.1, 0.15) is 47.5 Å². The Morgan fingerprint density at radius 3 is 2.53 bits per heavy atom. The molecule has 2 rings (SSSR count). The smallest absolute Gasteiger partial charge is 0.306 e. The lowest BCUT2D eigenvalue weighted by Crippen LogP contribution is -2.21. The van der Waals surface area contributed by atoms with E-state index < -0.39 is 5.97 Å². The van der Waals surface area contributed by atoms with Crippen LogP contribution in [0.25, 0.3) is 0 Å². The molecule has 0 saturated heterocycles. The molecule has 1 aromatic carbocycles. The topological polar surface area (TPSA) is 54.4 Å². The molecule has 2 unspecified atom stereocenters. The molecule has 2 atom stereocenters. The summed E-state index contributed by atoms with van der Waals surface area (Å²) in [5.41, 5.74) is 1.82. The van der Waals surface area contributed by atoms with Crippen LogP contribution in [0.15, 0.2) is 24.3 Å². The van der Waals surface area contributed by atoms with Crippen LogP contribution in [0.2, 0.25) is 0 Å². The molecule has 1 aliphatic carbocycles. The molecule has 17 heavy (non-hydrogen) atoms. The Hall–Kier alpha value is -1.64. The van der Waals surface area contributed by atoms with Gasteiger partial charge in [0.15, 0.2) is 0 Å². The fourth-order valence-electron chi connectivity index (χ4n) is 2.56. The van der Waals surface area contributed by atoms with Crippen LogP contribution < -0.4 is 0 Å². The molecular weight excluding hydrogens is 216 g/mol. The Bertz CT molecular complexity index is 408. The SMILES string of the molecule is O=Cc1ccc(C2CCCC(C(=O)O)C2)cc1. The number of benzene rings is 1. The molecule has 90 valence electrons. The van der Waals surface area contributed by atoms with E-state index in [2.05, 4.69) is 0 Å².